The Morgan fingerprint density at radius 3 is 3.00 bits per heavy atom. The Morgan fingerprint density at radius 2 is 2.22 bits per heavy atom. The SMILES string of the molecule is CCOC(=O)c1cnc2ccccc2c1NCCn1ccnn1. The van der Waals surface area contributed by atoms with Crippen molar-refractivity contribution in [2.24, 2.45) is 0 Å². The zero-order valence-corrected chi connectivity index (χ0v) is 12.8. The van der Waals surface area contributed by atoms with Crippen molar-refractivity contribution in [2.45, 2.75) is 13.5 Å². The van der Waals surface area contributed by atoms with Crippen molar-refractivity contribution in [3.63, 3.8) is 0 Å². The summed E-state index contributed by atoms with van der Waals surface area (Å²) in [6, 6.07) is 7.68. The molecule has 0 atom stereocenters. The Hall–Kier alpha value is -2.96. The van der Waals surface area contributed by atoms with Crippen LogP contribution < -0.4 is 5.32 Å². The van der Waals surface area contributed by atoms with Gasteiger partial charge in [0.1, 0.15) is 5.56 Å². The number of benzene rings is 1. The molecule has 0 saturated carbocycles. The van der Waals surface area contributed by atoms with E-state index in [1.54, 1.807) is 30.2 Å². The fourth-order valence-corrected chi connectivity index (χ4v) is 2.34. The van der Waals surface area contributed by atoms with Crippen molar-refractivity contribution in [1.29, 1.82) is 0 Å². The molecule has 2 aromatic heterocycles. The van der Waals surface area contributed by atoms with Gasteiger partial charge in [0.15, 0.2) is 0 Å². The summed E-state index contributed by atoms with van der Waals surface area (Å²) in [5.41, 5.74) is 1.99. The van der Waals surface area contributed by atoms with Crippen molar-refractivity contribution in [3.8, 4) is 0 Å². The zero-order valence-electron chi connectivity index (χ0n) is 12.8. The van der Waals surface area contributed by atoms with Crippen LogP contribution in [0.25, 0.3) is 10.9 Å². The molecule has 0 unspecified atom stereocenters. The molecule has 7 nitrogen and oxygen atoms in total. The molecule has 0 radical (unpaired) electrons. The van der Waals surface area contributed by atoms with Gasteiger partial charge in [-0.05, 0) is 13.0 Å². The van der Waals surface area contributed by atoms with Crippen LogP contribution in [-0.4, -0.2) is 39.1 Å². The number of para-hydroxylation sites is 1. The van der Waals surface area contributed by atoms with Crippen LogP contribution in [0.3, 0.4) is 0 Å². The monoisotopic (exact) mass is 311 g/mol. The quantitative estimate of drug-likeness (QED) is 0.702. The summed E-state index contributed by atoms with van der Waals surface area (Å²) in [4.78, 5) is 16.5. The van der Waals surface area contributed by atoms with E-state index in [0.29, 0.717) is 25.3 Å². The smallest absolute Gasteiger partial charge is 0.341 e. The van der Waals surface area contributed by atoms with Crippen LogP contribution in [-0.2, 0) is 11.3 Å². The van der Waals surface area contributed by atoms with Gasteiger partial charge in [0.25, 0.3) is 0 Å². The number of fused-ring (bicyclic) bond motifs is 1. The van der Waals surface area contributed by atoms with Gasteiger partial charge in [-0.1, -0.05) is 23.4 Å². The van der Waals surface area contributed by atoms with E-state index >= 15 is 0 Å². The molecule has 0 aliphatic rings. The number of rotatable bonds is 6. The Balaban J connectivity index is 1.90. The number of pyridine rings is 1. The Kier molecular flexibility index (Phi) is 4.46. The molecule has 7 heteroatoms. The summed E-state index contributed by atoms with van der Waals surface area (Å²) in [7, 11) is 0. The molecular formula is C16H17N5O2. The number of nitrogens with one attached hydrogen (secondary N) is 1. The summed E-state index contributed by atoms with van der Waals surface area (Å²) < 4.78 is 6.85. The summed E-state index contributed by atoms with van der Waals surface area (Å²) >= 11 is 0. The highest BCUT2D eigenvalue weighted by atomic mass is 16.5. The highest BCUT2D eigenvalue weighted by Gasteiger charge is 2.16. The summed E-state index contributed by atoms with van der Waals surface area (Å²) in [6.45, 7) is 3.34. The second-order valence-corrected chi connectivity index (χ2v) is 4.88. The van der Waals surface area contributed by atoms with E-state index in [0.717, 1.165) is 16.6 Å². The second kappa shape index (κ2) is 6.87. The summed E-state index contributed by atoms with van der Waals surface area (Å²) in [5, 5.41) is 11.9. The molecule has 0 saturated heterocycles. The van der Waals surface area contributed by atoms with Gasteiger partial charge in [-0.2, -0.15) is 0 Å². The van der Waals surface area contributed by atoms with Gasteiger partial charge >= 0.3 is 5.97 Å². The van der Waals surface area contributed by atoms with Crippen LogP contribution >= 0.6 is 0 Å². The molecule has 1 N–H and O–H groups in total. The highest BCUT2D eigenvalue weighted by Crippen LogP contribution is 2.26. The van der Waals surface area contributed by atoms with Crippen LogP contribution in [0.4, 0.5) is 5.69 Å². The molecule has 23 heavy (non-hydrogen) atoms. The predicted octanol–water partition coefficient (Wildman–Crippen LogP) is 2.12. The lowest BCUT2D eigenvalue weighted by Gasteiger charge is -2.14. The Bertz CT molecular complexity index is 801. The van der Waals surface area contributed by atoms with Crippen LogP contribution in [0.2, 0.25) is 0 Å². The van der Waals surface area contributed by atoms with Crippen molar-refractivity contribution >= 4 is 22.6 Å². The van der Waals surface area contributed by atoms with Crippen LogP contribution in [0.5, 0.6) is 0 Å². The minimum Gasteiger partial charge on any atom is -0.462 e. The number of nitrogens with zero attached hydrogens (tertiary/aromatic N) is 4. The van der Waals surface area contributed by atoms with E-state index in [1.807, 2.05) is 24.3 Å². The number of carbonyl (C=O) groups excluding carboxylic acids is 1. The third-order valence-corrected chi connectivity index (χ3v) is 3.39. The molecule has 2 heterocycles. The average Bonchev–Trinajstić information content (AvgIpc) is 3.08. The van der Waals surface area contributed by atoms with Gasteiger partial charge in [-0.15, -0.1) is 5.10 Å². The van der Waals surface area contributed by atoms with Crippen LogP contribution in [0, 0.1) is 0 Å². The molecule has 0 bridgehead atoms. The van der Waals surface area contributed by atoms with E-state index in [9.17, 15) is 4.79 Å². The molecule has 3 aromatic rings. The summed E-state index contributed by atoms with van der Waals surface area (Å²) in [5.74, 6) is -0.381. The van der Waals surface area contributed by atoms with Crippen molar-refractivity contribution in [2.75, 3.05) is 18.5 Å². The molecule has 0 fully saturated rings. The van der Waals surface area contributed by atoms with E-state index in [1.165, 1.54) is 0 Å². The molecule has 0 spiro atoms. The normalized spacial score (nSPS) is 10.7. The van der Waals surface area contributed by atoms with Gasteiger partial charge in [0.05, 0.1) is 30.6 Å². The van der Waals surface area contributed by atoms with E-state index in [2.05, 4.69) is 20.6 Å². The Morgan fingerprint density at radius 1 is 1.35 bits per heavy atom. The molecular weight excluding hydrogens is 294 g/mol. The summed E-state index contributed by atoms with van der Waals surface area (Å²) in [6.07, 6.45) is 4.97. The first-order chi connectivity index (χ1) is 11.3. The highest BCUT2D eigenvalue weighted by molar-refractivity contribution is 6.04. The molecule has 0 aliphatic heterocycles. The number of anilines is 1. The lowest BCUT2D eigenvalue weighted by molar-refractivity contribution is 0.0527. The zero-order chi connectivity index (χ0) is 16.1. The Labute approximate surface area is 133 Å². The number of carbonyl (C=O) groups is 1. The van der Waals surface area contributed by atoms with Crippen LogP contribution in [0.1, 0.15) is 17.3 Å². The first-order valence-electron chi connectivity index (χ1n) is 7.42. The number of esters is 1. The van der Waals surface area contributed by atoms with Gasteiger partial charge in [0.2, 0.25) is 0 Å². The maximum absolute atomic E-state index is 12.2. The number of hydrogen-bond acceptors (Lipinski definition) is 6. The van der Waals surface area contributed by atoms with Crippen molar-refractivity contribution in [3.05, 3.63) is 48.4 Å². The third kappa shape index (κ3) is 3.28. The van der Waals surface area contributed by atoms with Gasteiger partial charge in [-0.25, -0.2) is 4.79 Å². The fraction of sp³-hybridized carbons (Fsp3) is 0.250. The molecule has 0 amide bonds. The molecule has 0 aliphatic carbocycles. The predicted molar refractivity (Wildman–Crippen MR) is 86.2 cm³/mol. The average molecular weight is 311 g/mol. The van der Waals surface area contributed by atoms with E-state index in [-0.39, 0.29) is 5.97 Å². The van der Waals surface area contributed by atoms with Crippen LogP contribution in [0.15, 0.2) is 42.9 Å². The lowest BCUT2D eigenvalue weighted by atomic mass is 10.1. The third-order valence-electron chi connectivity index (χ3n) is 3.39. The topological polar surface area (TPSA) is 81.9 Å². The van der Waals surface area contributed by atoms with E-state index in [4.69, 9.17) is 4.74 Å². The first kappa shape index (κ1) is 15.0. The number of hydrogen-bond donors (Lipinski definition) is 1. The number of ether oxygens (including phenoxy) is 1. The standard InChI is InChI=1S/C16H17N5O2/c1-2-23-16(22)13-11-18-14-6-4-3-5-12(14)15(13)17-7-9-21-10-8-19-20-21/h3-6,8,10-11H,2,7,9H2,1H3,(H,17,18). The first-order valence-corrected chi connectivity index (χ1v) is 7.42. The molecule has 1 aromatic carbocycles. The maximum Gasteiger partial charge on any atom is 0.341 e. The lowest BCUT2D eigenvalue weighted by Crippen LogP contribution is -2.15. The maximum atomic E-state index is 12.2. The minimum atomic E-state index is -0.381. The largest absolute Gasteiger partial charge is 0.462 e. The van der Waals surface area contributed by atoms with E-state index < -0.39 is 0 Å². The van der Waals surface area contributed by atoms with Crippen molar-refractivity contribution < 1.29 is 9.53 Å². The molecule has 3 rings (SSSR count). The second-order valence-electron chi connectivity index (χ2n) is 4.88. The minimum absolute atomic E-state index is 0.323. The van der Waals surface area contributed by atoms with Gasteiger partial charge < -0.3 is 10.1 Å². The fourth-order valence-electron chi connectivity index (χ4n) is 2.34. The number of aromatic nitrogens is 4. The van der Waals surface area contributed by atoms with Gasteiger partial charge in [-0.3, -0.25) is 9.67 Å². The van der Waals surface area contributed by atoms with Gasteiger partial charge in [0, 0.05) is 24.3 Å². The molecule has 118 valence electrons. The van der Waals surface area contributed by atoms with Crippen molar-refractivity contribution in [1.82, 2.24) is 20.0 Å².